The maximum absolute atomic E-state index is 13.3. The molecule has 3 aromatic rings. The van der Waals surface area contributed by atoms with Gasteiger partial charge in [0.1, 0.15) is 5.69 Å². The molecule has 0 aliphatic carbocycles. The van der Waals surface area contributed by atoms with Crippen molar-refractivity contribution < 1.29 is 13.6 Å². The Hall–Kier alpha value is -3.02. The monoisotopic (exact) mass is 327 g/mol. The molecule has 1 aromatic heterocycles. The molecular weight excluding hydrogens is 312 g/mol. The molecule has 4 nitrogen and oxygen atoms in total. The number of rotatable bonds is 4. The lowest BCUT2D eigenvalue weighted by molar-refractivity contribution is 0.0933. The molecule has 0 radical (unpaired) electrons. The predicted octanol–water partition coefficient (Wildman–Crippen LogP) is 3.64. The molecule has 3 rings (SSSR count). The van der Waals surface area contributed by atoms with E-state index in [4.69, 9.17) is 0 Å². The van der Waals surface area contributed by atoms with E-state index in [9.17, 15) is 13.6 Å². The van der Waals surface area contributed by atoms with Crippen molar-refractivity contribution in [2.75, 3.05) is 0 Å². The number of nitrogens with zero attached hydrogens (tertiary/aromatic N) is 2. The van der Waals surface area contributed by atoms with E-state index in [0.29, 0.717) is 11.3 Å². The van der Waals surface area contributed by atoms with Crippen LogP contribution in [0.2, 0.25) is 0 Å². The third kappa shape index (κ3) is 3.17. The number of benzene rings is 2. The van der Waals surface area contributed by atoms with Crippen LogP contribution in [0.1, 0.15) is 29.0 Å². The number of aromatic nitrogens is 2. The van der Waals surface area contributed by atoms with Crippen LogP contribution >= 0.6 is 0 Å². The van der Waals surface area contributed by atoms with Crippen LogP contribution in [0.3, 0.4) is 0 Å². The number of hydrogen-bond donors (Lipinski definition) is 1. The molecule has 1 unspecified atom stereocenters. The largest absolute Gasteiger partial charge is 0.344 e. The summed E-state index contributed by atoms with van der Waals surface area (Å²) in [5.41, 5.74) is 1.64. The number of nitrogens with one attached hydrogen (secondary N) is 1. The maximum Gasteiger partial charge on any atom is 0.270 e. The van der Waals surface area contributed by atoms with Crippen molar-refractivity contribution in [3.8, 4) is 5.69 Å². The molecule has 0 saturated carbocycles. The molecule has 0 fully saturated rings. The van der Waals surface area contributed by atoms with Gasteiger partial charge in [-0.05, 0) is 36.8 Å². The van der Waals surface area contributed by atoms with Gasteiger partial charge >= 0.3 is 0 Å². The molecule has 1 atom stereocenters. The Kier molecular flexibility index (Phi) is 4.37. The number of imidazole rings is 1. The maximum atomic E-state index is 13.3. The van der Waals surface area contributed by atoms with Crippen molar-refractivity contribution in [2.24, 2.45) is 0 Å². The highest BCUT2D eigenvalue weighted by molar-refractivity contribution is 5.93. The Morgan fingerprint density at radius 3 is 2.58 bits per heavy atom. The topological polar surface area (TPSA) is 46.9 Å². The quantitative estimate of drug-likeness (QED) is 0.795. The van der Waals surface area contributed by atoms with Crippen molar-refractivity contribution in [1.29, 1.82) is 0 Å². The number of halogens is 2. The van der Waals surface area contributed by atoms with Gasteiger partial charge in [0, 0.05) is 5.69 Å². The molecule has 0 saturated heterocycles. The molecule has 0 aliphatic rings. The van der Waals surface area contributed by atoms with Crippen LogP contribution in [0.25, 0.3) is 5.69 Å². The molecular formula is C18H15F2N3O. The Morgan fingerprint density at radius 1 is 1.12 bits per heavy atom. The van der Waals surface area contributed by atoms with Gasteiger partial charge in [-0.25, -0.2) is 13.8 Å². The fraction of sp³-hybridized carbons (Fsp3) is 0.111. The van der Waals surface area contributed by atoms with E-state index in [-0.39, 0.29) is 5.91 Å². The minimum Gasteiger partial charge on any atom is -0.344 e. The summed E-state index contributed by atoms with van der Waals surface area (Å²) in [6, 6.07) is 12.4. The van der Waals surface area contributed by atoms with Crippen molar-refractivity contribution in [3.63, 3.8) is 0 Å². The van der Waals surface area contributed by atoms with Crippen molar-refractivity contribution in [1.82, 2.24) is 14.9 Å². The number of amides is 1. The van der Waals surface area contributed by atoms with Crippen LogP contribution in [-0.4, -0.2) is 15.5 Å². The number of hydrogen-bond acceptors (Lipinski definition) is 2. The Balaban J connectivity index is 1.81. The number of carbonyl (C=O) groups excluding carboxylic acids is 1. The lowest BCUT2D eigenvalue weighted by Gasteiger charge is -2.15. The average Bonchev–Trinajstić information content (AvgIpc) is 3.08. The van der Waals surface area contributed by atoms with E-state index in [1.807, 2.05) is 30.3 Å². The molecule has 1 N–H and O–H groups in total. The summed E-state index contributed by atoms with van der Waals surface area (Å²) in [5.74, 6) is -2.21. The van der Waals surface area contributed by atoms with Crippen LogP contribution in [0.5, 0.6) is 0 Å². The van der Waals surface area contributed by atoms with Gasteiger partial charge in [-0.2, -0.15) is 0 Å². The summed E-state index contributed by atoms with van der Waals surface area (Å²) in [4.78, 5) is 16.5. The molecule has 0 spiro atoms. The summed E-state index contributed by atoms with van der Waals surface area (Å²) in [7, 11) is 0. The van der Waals surface area contributed by atoms with E-state index in [0.717, 1.165) is 17.8 Å². The average molecular weight is 327 g/mol. The van der Waals surface area contributed by atoms with E-state index >= 15 is 0 Å². The third-order valence-electron chi connectivity index (χ3n) is 3.70. The SMILES string of the molecule is CC(NC(=O)c1cncn1-c1ccccc1)c1ccc(F)c(F)c1. The van der Waals surface area contributed by atoms with E-state index in [2.05, 4.69) is 10.3 Å². The Bertz CT molecular complexity index is 862. The second-order valence-corrected chi connectivity index (χ2v) is 5.35. The smallest absolute Gasteiger partial charge is 0.270 e. The standard InChI is InChI=1S/C18H15F2N3O/c1-12(13-7-8-15(19)16(20)9-13)22-18(24)17-10-21-11-23(17)14-5-3-2-4-6-14/h2-12H,1H3,(H,22,24). The highest BCUT2D eigenvalue weighted by Gasteiger charge is 2.17. The van der Waals surface area contributed by atoms with Gasteiger partial charge in [0.25, 0.3) is 5.91 Å². The molecule has 1 heterocycles. The second-order valence-electron chi connectivity index (χ2n) is 5.35. The van der Waals surface area contributed by atoms with Crippen LogP contribution in [0, 0.1) is 11.6 Å². The first-order valence-electron chi connectivity index (χ1n) is 7.40. The number of para-hydroxylation sites is 1. The highest BCUT2D eigenvalue weighted by atomic mass is 19.2. The van der Waals surface area contributed by atoms with E-state index in [1.54, 1.807) is 17.8 Å². The van der Waals surface area contributed by atoms with Crippen LogP contribution in [0.4, 0.5) is 8.78 Å². The molecule has 0 aliphatic heterocycles. The van der Waals surface area contributed by atoms with E-state index in [1.165, 1.54) is 12.3 Å². The van der Waals surface area contributed by atoms with Gasteiger partial charge in [-0.15, -0.1) is 0 Å². The minimum absolute atomic E-state index is 0.353. The minimum atomic E-state index is -0.942. The summed E-state index contributed by atoms with van der Waals surface area (Å²) >= 11 is 0. The second kappa shape index (κ2) is 6.62. The first-order chi connectivity index (χ1) is 11.6. The third-order valence-corrected chi connectivity index (χ3v) is 3.70. The summed E-state index contributed by atoms with van der Waals surface area (Å²) in [6.07, 6.45) is 3.01. The zero-order valence-electron chi connectivity index (χ0n) is 12.9. The van der Waals surface area contributed by atoms with Crippen LogP contribution < -0.4 is 5.32 Å². The molecule has 0 bridgehead atoms. The van der Waals surface area contributed by atoms with Crippen LogP contribution in [-0.2, 0) is 0 Å². The van der Waals surface area contributed by atoms with Crippen LogP contribution in [0.15, 0.2) is 61.1 Å². The van der Waals surface area contributed by atoms with Crippen molar-refractivity contribution in [2.45, 2.75) is 13.0 Å². The van der Waals surface area contributed by atoms with Gasteiger partial charge in [-0.1, -0.05) is 24.3 Å². The van der Waals surface area contributed by atoms with Gasteiger partial charge in [0.2, 0.25) is 0 Å². The van der Waals surface area contributed by atoms with Crippen molar-refractivity contribution in [3.05, 3.63) is 83.9 Å². The lowest BCUT2D eigenvalue weighted by Crippen LogP contribution is -2.28. The number of carbonyl (C=O) groups is 1. The molecule has 1 amide bonds. The fourth-order valence-corrected chi connectivity index (χ4v) is 2.39. The van der Waals surface area contributed by atoms with Gasteiger partial charge in [-0.3, -0.25) is 9.36 Å². The fourth-order valence-electron chi connectivity index (χ4n) is 2.39. The lowest BCUT2D eigenvalue weighted by atomic mass is 10.1. The summed E-state index contributed by atoms with van der Waals surface area (Å²) in [6.45, 7) is 1.70. The molecule has 24 heavy (non-hydrogen) atoms. The molecule has 122 valence electrons. The van der Waals surface area contributed by atoms with Gasteiger partial charge in [0.15, 0.2) is 11.6 Å². The molecule has 6 heteroatoms. The van der Waals surface area contributed by atoms with Gasteiger partial charge in [0.05, 0.1) is 18.6 Å². The first-order valence-corrected chi connectivity index (χ1v) is 7.40. The predicted molar refractivity (Wildman–Crippen MR) is 85.8 cm³/mol. The molecule has 2 aromatic carbocycles. The normalized spacial score (nSPS) is 12.0. The Morgan fingerprint density at radius 2 is 1.88 bits per heavy atom. The first kappa shape index (κ1) is 15.9. The highest BCUT2D eigenvalue weighted by Crippen LogP contribution is 2.17. The van der Waals surface area contributed by atoms with Gasteiger partial charge < -0.3 is 5.32 Å². The Labute approximate surface area is 137 Å². The summed E-state index contributed by atoms with van der Waals surface area (Å²) in [5, 5.41) is 2.77. The van der Waals surface area contributed by atoms with Crippen molar-refractivity contribution >= 4 is 5.91 Å². The zero-order chi connectivity index (χ0) is 17.1. The zero-order valence-corrected chi connectivity index (χ0v) is 12.9. The summed E-state index contributed by atoms with van der Waals surface area (Å²) < 4.78 is 28.0. The van der Waals surface area contributed by atoms with E-state index < -0.39 is 17.7 Å².